The first-order chi connectivity index (χ1) is 12.1. The van der Waals surface area contributed by atoms with Crippen LogP contribution in [0.15, 0.2) is 84.9 Å². The molecule has 0 radical (unpaired) electrons. The molecule has 25 heavy (non-hydrogen) atoms. The zero-order valence-corrected chi connectivity index (χ0v) is 14.3. The largest absolute Gasteiger partial charge is 0.481 e. The first-order valence-corrected chi connectivity index (χ1v) is 8.60. The van der Waals surface area contributed by atoms with E-state index in [1.54, 1.807) is 6.07 Å². The van der Waals surface area contributed by atoms with Crippen LogP contribution in [0.2, 0.25) is 5.02 Å². The van der Waals surface area contributed by atoms with E-state index in [9.17, 15) is 9.90 Å². The maximum Gasteiger partial charge on any atom is 0.315 e. The Balaban J connectivity index is 2.01. The van der Waals surface area contributed by atoms with E-state index in [4.69, 9.17) is 11.6 Å². The highest BCUT2D eigenvalue weighted by molar-refractivity contribution is 6.32. The van der Waals surface area contributed by atoms with Crippen LogP contribution in [-0.4, -0.2) is 11.1 Å². The summed E-state index contributed by atoms with van der Waals surface area (Å²) in [5, 5.41) is 10.8. The zero-order chi connectivity index (χ0) is 17.5. The fourth-order valence-corrected chi connectivity index (χ4v) is 4.47. The molecule has 4 rings (SSSR count). The van der Waals surface area contributed by atoms with Crippen LogP contribution >= 0.6 is 11.6 Å². The molecule has 3 aromatic rings. The molecule has 0 heterocycles. The van der Waals surface area contributed by atoms with Gasteiger partial charge in [-0.15, -0.1) is 0 Å². The van der Waals surface area contributed by atoms with E-state index in [0.717, 1.165) is 11.1 Å². The van der Waals surface area contributed by atoms with Gasteiger partial charge >= 0.3 is 5.97 Å². The van der Waals surface area contributed by atoms with Crippen LogP contribution in [0.1, 0.15) is 23.1 Å². The van der Waals surface area contributed by atoms with Crippen LogP contribution < -0.4 is 0 Å². The average Bonchev–Trinajstić information content (AvgIpc) is 3.36. The van der Waals surface area contributed by atoms with Gasteiger partial charge < -0.3 is 5.11 Å². The molecule has 0 saturated heterocycles. The number of halogens is 1. The van der Waals surface area contributed by atoms with Gasteiger partial charge in [-0.1, -0.05) is 90.5 Å². The predicted octanol–water partition coefficient (Wildman–Crippen LogP) is 5.05. The van der Waals surface area contributed by atoms with Crippen LogP contribution in [0, 0.1) is 0 Å². The number of hydrogen-bond acceptors (Lipinski definition) is 1. The second kappa shape index (κ2) is 5.75. The van der Waals surface area contributed by atoms with E-state index in [0.29, 0.717) is 17.0 Å². The Morgan fingerprint density at radius 1 is 0.800 bits per heavy atom. The number of carboxylic acid groups (broad SMARTS) is 1. The minimum Gasteiger partial charge on any atom is -0.481 e. The van der Waals surface area contributed by atoms with E-state index in [2.05, 4.69) is 0 Å². The third-order valence-corrected chi connectivity index (χ3v) is 5.70. The third kappa shape index (κ3) is 2.14. The molecule has 0 amide bonds. The minimum absolute atomic E-state index is 0.493. The highest BCUT2D eigenvalue weighted by Gasteiger charge is 2.75. The van der Waals surface area contributed by atoms with Gasteiger partial charge in [-0.3, -0.25) is 4.79 Å². The summed E-state index contributed by atoms with van der Waals surface area (Å²) in [6.45, 7) is 0. The summed E-state index contributed by atoms with van der Waals surface area (Å²) in [4.78, 5) is 12.5. The predicted molar refractivity (Wildman–Crippen MR) is 99.0 cm³/mol. The molecule has 0 spiro atoms. The van der Waals surface area contributed by atoms with Gasteiger partial charge in [-0.05, 0) is 29.2 Å². The Bertz CT molecular complexity index is 882. The summed E-state index contributed by atoms with van der Waals surface area (Å²) in [5.74, 6) is -0.840. The third-order valence-electron chi connectivity index (χ3n) is 5.37. The molecule has 3 heteroatoms. The summed E-state index contributed by atoms with van der Waals surface area (Å²) in [7, 11) is 0. The molecule has 0 aliphatic heterocycles. The molecular weight excluding hydrogens is 332 g/mol. The smallest absolute Gasteiger partial charge is 0.315 e. The monoisotopic (exact) mass is 348 g/mol. The summed E-state index contributed by atoms with van der Waals surface area (Å²) >= 11 is 6.43. The first-order valence-electron chi connectivity index (χ1n) is 8.22. The fourth-order valence-electron chi connectivity index (χ4n) is 4.17. The van der Waals surface area contributed by atoms with Gasteiger partial charge in [0.05, 0.1) is 0 Å². The molecule has 0 unspecified atom stereocenters. The van der Waals surface area contributed by atoms with Gasteiger partial charge in [0.15, 0.2) is 0 Å². The Kier molecular flexibility index (Phi) is 3.66. The number of carboxylic acids is 1. The van der Waals surface area contributed by atoms with Crippen molar-refractivity contribution in [2.75, 3.05) is 0 Å². The van der Waals surface area contributed by atoms with E-state index >= 15 is 0 Å². The molecule has 0 bridgehead atoms. The van der Waals surface area contributed by atoms with Crippen LogP contribution in [0.4, 0.5) is 0 Å². The molecule has 3 aromatic carbocycles. The molecule has 1 saturated carbocycles. The lowest BCUT2D eigenvalue weighted by Gasteiger charge is -2.25. The van der Waals surface area contributed by atoms with Crippen LogP contribution in [0.25, 0.3) is 0 Å². The van der Waals surface area contributed by atoms with E-state index in [-0.39, 0.29) is 0 Å². The SMILES string of the molecule is O=C(O)[C@@]1(c2ccccc2Cl)CC1(c1ccccc1)c1ccccc1. The summed E-state index contributed by atoms with van der Waals surface area (Å²) in [6, 6.07) is 27.0. The van der Waals surface area contributed by atoms with Crippen LogP contribution in [-0.2, 0) is 15.6 Å². The van der Waals surface area contributed by atoms with Crippen LogP contribution in [0.5, 0.6) is 0 Å². The van der Waals surface area contributed by atoms with Gasteiger partial charge in [0.25, 0.3) is 0 Å². The van der Waals surface area contributed by atoms with Crippen molar-refractivity contribution < 1.29 is 9.90 Å². The fraction of sp³-hybridized carbons (Fsp3) is 0.136. The Morgan fingerprint density at radius 3 is 1.76 bits per heavy atom. The van der Waals surface area contributed by atoms with Gasteiger partial charge in [0, 0.05) is 10.4 Å². The van der Waals surface area contributed by atoms with Gasteiger partial charge in [-0.25, -0.2) is 0 Å². The molecule has 1 atom stereocenters. The second-order valence-electron chi connectivity index (χ2n) is 6.50. The molecule has 2 nitrogen and oxygen atoms in total. The van der Waals surface area contributed by atoms with E-state index < -0.39 is 16.8 Å². The molecule has 1 aliphatic carbocycles. The van der Waals surface area contributed by atoms with E-state index in [1.165, 1.54) is 0 Å². The van der Waals surface area contributed by atoms with Crippen molar-refractivity contribution in [2.45, 2.75) is 17.3 Å². The highest BCUT2D eigenvalue weighted by atomic mass is 35.5. The minimum atomic E-state index is -1.06. The van der Waals surface area contributed by atoms with Crippen molar-refractivity contribution in [1.29, 1.82) is 0 Å². The summed E-state index contributed by atoms with van der Waals surface area (Å²) in [5.41, 5.74) is 1.00. The summed E-state index contributed by atoms with van der Waals surface area (Å²) < 4.78 is 0. The molecule has 1 aliphatic rings. The zero-order valence-electron chi connectivity index (χ0n) is 13.5. The second-order valence-corrected chi connectivity index (χ2v) is 6.91. The van der Waals surface area contributed by atoms with Gasteiger partial charge in [0.1, 0.15) is 5.41 Å². The maximum absolute atomic E-state index is 12.5. The maximum atomic E-state index is 12.5. The quantitative estimate of drug-likeness (QED) is 0.716. The molecule has 1 fully saturated rings. The number of carbonyl (C=O) groups is 1. The van der Waals surface area contributed by atoms with Crippen molar-refractivity contribution >= 4 is 17.6 Å². The Morgan fingerprint density at radius 2 is 1.28 bits per heavy atom. The topological polar surface area (TPSA) is 37.3 Å². The lowest BCUT2D eigenvalue weighted by molar-refractivity contribution is -0.140. The molecule has 124 valence electrons. The van der Waals surface area contributed by atoms with Crippen molar-refractivity contribution in [3.8, 4) is 0 Å². The van der Waals surface area contributed by atoms with Crippen LogP contribution in [0.3, 0.4) is 0 Å². The average molecular weight is 349 g/mol. The van der Waals surface area contributed by atoms with Crippen molar-refractivity contribution in [2.24, 2.45) is 0 Å². The number of benzene rings is 3. The van der Waals surface area contributed by atoms with Crippen molar-refractivity contribution in [3.05, 3.63) is 107 Å². The van der Waals surface area contributed by atoms with Crippen molar-refractivity contribution in [1.82, 2.24) is 0 Å². The number of rotatable bonds is 4. The molecular formula is C22H17ClO2. The van der Waals surface area contributed by atoms with E-state index in [1.807, 2.05) is 78.9 Å². The normalized spacial score (nSPS) is 20.8. The molecule has 0 aromatic heterocycles. The lowest BCUT2D eigenvalue weighted by Crippen LogP contribution is -2.31. The standard InChI is InChI=1S/C22H17ClO2/c23-19-14-8-7-13-18(19)22(20(24)25)15-21(22,16-9-3-1-4-10-16)17-11-5-2-6-12-17/h1-14H,15H2,(H,24,25)/t22-/m0/s1. The summed E-state index contributed by atoms with van der Waals surface area (Å²) in [6.07, 6.45) is 0.493. The highest BCUT2D eigenvalue weighted by Crippen LogP contribution is 2.69. The Hall–Kier alpha value is -2.58. The Labute approximate surface area is 151 Å². The molecule has 1 N–H and O–H groups in total. The number of aliphatic carboxylic acids is 1. The van der Waals surface area contributed by atoms with Gasteiger partial charge in [-0.2, -0.15) is 0 Å². The number of hydrogen-bond donors (Lipinski definition) is 1. The van der Waals surface area contributed by atoms with Crippen molar-refractivity contribution in [3.63, 3.8) is 0 Å². The van der Waals surface area contributed by atoms with Gasteiger partial charge in [0.2, 0.25) is 0 Å². The lowest BCUT2D eigenvalue weighted by atomic mass is 9.77. The first kappa shape index (κ1) is 15.9.